The van der Waals surface area contributed by atoms with E-state index in [0.717, 1.165) is 50.3 Å². The maximum absolute atomic E-state index is 12.3. The van der Waals surface area contributed by atoms with Gasteiger partial charge in [-0.05, 0) is 32.7 Å². The van der Waals surface area contributed by atoms with Crippen LogP contribution >= 0.6 is 11.6 Å². The van der Waals surface area contributed by atoms with Gasteiger partial charge in [0.15, 0.2) is 0 Å². The number of hydrogen-bond acceptors (Lipinski definition) is 3. The van der Waals surface area contributed by atoms with Crippen molar-refractivity contribution < 1.29 is 4.79 Å². The van der Waals surface area contributed by atoms with Gasteiger partial charge in [0.1, 0.15) is 5.78 Å². The van der Waals surface area contributed by atoms with E-state index in [1.807, 2.05) is 18.5 Å². The second kappa shape index (κ2) is 6.53. The average molecular weight is 284 g/mol. The van der Waals surface area contributed by atoms with Crippen molar-refractivity contribution in [3.63, 3.8) is 0 Å². The number of aromatic nitrogens is 2. The first-order chi connectivity index (χ1) is 9.17. The predicted octanol–water partition coefficient (Wildman–Crippen LogP) is 2.23. The van der Waals surface area contributed by atoms with Gasteiger partial charge in [-0.3, -0.25) is 9.48 Å². The first-order valence-corrected chi connectivity index (χ1v) is 7.52. The summed E-state index contributed by atoms with van der Waals surface area (Å²) in [7, 11) is 0. The van der Waals surface area contributed by atoms with Crippen LogP contribution in [0.1, 0.15) is 38.1 Å². The van der Waals surface area contributed by atoms with E-state index in [9.17, 15) is 4.79 Å². The Labute approximate surface area is 119 Å². The van der Waals surface area contributed by atoms with Crippen molar-refractivity contribution >= 4 is 17.4 Å². The Morgan fingerprint density at radius 3 is 2.89 bits per heavy atom. The number of Topliss-reactive ketones (excluding diaryl/α,β-unsaturated/α-hetero) is 1. The molecular weight excluding hydrogens is 262 g/mol. The zero-order chi connectivity index (χ0) is 13.8. The van der Waals surface area contributed by atoms with Crippen LogP contribution in [0.3, 0.4) is 0 Å². The number of nitrogens with one attached hydrogen (secondary N) is 1. The zero-order valence-corrected chi connectivity index (χ0v) is 12.5. The van der Waals surface area contributed by atoms with Gasteiger partial charge in [0, 0.05) is 19.0 Å². The van der Waals surface area contributed by atoms with E-state index in [0.29, 0.717) is 11.4 Å². The largest absolute Gasteiger partial charge is 0.316 e. The number of carbonyl (C=O) groups is 1. The van der Waals surface area contributed by atoms with E-state index >= 15 is 0 Å². The van der Waals surface area contributed by atoms with Gasteiger partial charge in [0.2, 0.25) is 0 Å². The highest BCUT2D eigenvalue weighted by Crippen LogP contribution is 2.24. The van der Waals surface area contributed by atoms with Crippen molar-refractivity contribution in [2.24, 2.45) is 5.92 Å². The molecule has 1 fully saturated rings. The third-order valence-electron chi connectivity index (χ3n) is 3.79. The highest BCUT2D eigenvalue weighted by Gasteiger charge is 2.24. The molecule has 1 aliphatic rings. The van der Waals surface area contributed by atoms with Gasteiger partial charge in [-0.25, -0.2) is 0 Å². The van der Waals surface area contributed by atoms with Crippen molar-refractivity contribution in [1.29, 1.82) is 0 Å². The molecule has 0 spiro atoms. The smallest absolute Gasteiger partial charge is 0.143 e. The molecule has 1 aliphatic heterocycles. The number of carbonyl (C=O) groups excluding carboxylic acids is 1. The van der Waals surface area contributed by atoms with Crippen molar-refractivity contribution in [1.82, 2.24) is 15.1 Å². The van der Waals surface area contributed by atoms with Crippen LogP contribution in [0.25, 0.3) is 0 Å². The molecule has 1 saturated heterocycles. The number of rotatable bonds is 5. The molecule has 1 N–H and O–H groups in total. The van der Waals surface area contributed by atoms with E-state index in [1.165, 1.54) is 0 Å². The van der Waals surface area contributed by atoms with E-state index in [1.54, 1.807) is 0 Å². The molecule has 0 radical (unpaired) electrons. The zero-order valence-electron chi connectivity index (χ0n) is 11.7. The fraction of sp³-hybridized carbons (Fsp3) is 0.714. The molecule has 2 rings (SSSR count). The van der Waals surface area contributed by atoms with Crippen LogP contribution in [0.4, 0.5) is 0 Å². The van der Waals surface area contributed by atoms with Crippen LogP contribution in [0.5, 0.6) is 0 Å². The van der Waals surface area contributed by atoms with Crippen molar-refractivity contribution in [2.45, 2.75) is 46.1 Å². The highest BCUT2D eigenvalue weighted by molar-refractivity contribution is 6.32. The summed E-state index contributed by atoms with van der Waals surface area (Å²) in [4.78, 5) is 12.3. The molecule has 1 unspecified atom stereocenters. The highest BCUT2D eigenvalue weighted by atomic mass is 35.5. The lowest BCUT2D eigenvalue weighted by Crippen LogP contribution is -2.35. The van der Waals surface area contributed by atoms with Crippen LogP contribution in [-0.4, -0.2) is 28.7 Å². The standard InChI is InChI=1S/C14H22ClN3O/c1-3-11-14(15)12(18(4-2)17-11)8-13(19)10-6-5-7-16-9-10/h10,16H,3-9H2,1-2H3. The molecule has 4 nitrogen and oxygen atoms in total. The monoisotopic (exact) mass is 283 g/mol. The quantitative estimate of drug-likeness (QED) is 0.901. The Morgan fingerprint density at radius 2 is 2.32 bits per heavy atom. The molecular formula is C14H22ClN3O. The van der Waals surface area contributed by atoms with E-state index in [2.05, 4.69) is 10.4 Å². The number of aryl methyl sites for hydroxylation is 2. The molecule has 0 saturated carbocycles. The molecule has 0 amide bonds. The second-order valence-corrected chi connectivity index (χ2v) is 5.44. The maximum atomic E-state index is 12.3. The summed E-state index contributed by atoms with van der Waals surface area (Å²) >= 11 is 6.34. The Bertz CT molecular complexity index is 450. The fourth-order valence-electron chi connectivity index (χ4n) is 2.62. The number of nitrogens with zero attached hydrogens (tertiary/aromatic N) is 2. The van der Waals surface area contributed by atoms with Gasteiger partial charge >= 0.3 is 0 Å². The number of ketones is 1. The average Bonchev–Trinajstić information content (AvgIpc) is 2.76. The fourth-order valence-corrected chi connectivity index (χ4v) is 2.96. The molecule has 0 aliphatic carbocycles. The van der Waals surface area contributed by atoms with Crippen LogP contribution in [0.15, 0.2) is 0 Å². The number of piperidine rings is 1. The molecule has 1 aromatic rings. The SMILES string of the molecule is CCc1nn(CC)c(CC(=O)C2CCCNC2)c1Cl. The third kappa shape index (κ3) is 3.18. The lowest BCUT2D eigenvalue weighted by atomic mass is 9.92. The Hall–Kier alpha value is -0.870. The third-order valence-corrected chi connectivity index (χ3v) is 4.22. The van der Waals surface area contributed by atoms with Crippen LogP contribution in [-0.2, 0) is 24.2 Å². The van der Waals surface area contributed by atoms with Crippen LogP contribution < -0.4 is 5.32 Å². The minimum atomic E-state index is 0.134. The second-order valence-electron chi connectivity index (χ2n) is 5.06. The minimum absolute atomic E-state index is 0.134. The topological polar surface area (TPSA) is 46.9 Å². The molecule has 1 atom stereocenters. The van der Waals surface area contributed by atoms with Gasteiger partial charge in [-0.15, -0.1) is 0 Å². The molecule has 1 aromatic heterocycles. The molecule has 5 heteroatoms. The van der Waals surface area contributed by atoms with Crippen LogP contribution in [0.2, 0.25) is 5.02 Å². The first kappa shape index (κ1) is 14.5. The van der Waals surface area contributed by atoms with Gasteiger partial charge in [0.25, 0.3) is 0 Å². The van der Waals surface area contributed by atoms with Crippen LogP contribution in [0, 0.1) is 5.92 Å². The molecule has 106 valence electrons. The van der Waals surface area contributed by atoms with Crippen molar-refractivity contribution in [3.8, 4) is 0 Å². The van der Waals surface area contributed by atoms with Gasteiger partial charge in [-0.2, -0.15) is 5.10 Å². The summed E-state index contributed by atoms with van der Waals surface area (Å²) in [6, 6.07) is 0. The summed E-state index contributed by atoms with van der Waals surface area (Å²) in [5, 5.41) is 8.43. The van der Waals surface area contributed by atoms with E-state index in [-0.39, 0.29) is 11.7 Å². The lowest BCUT2D eigenvalue weighted by molar-refractivity contribution is -0.122. The Kier molecular flexibility index (Phi) is 4.99. The summed E-state index contributed by atoms with van der Waals surface area (Å²) in [6.07, 6.45) is 3.28. The Balaban J connectivity index is 2.13. The summed E-state index contributed by atoms with van der Waals surface area (Å²) in [6.45, 7) is 6.64. The van der Waals surface area contributed by atoms with Gasteiger partial charge in [0.05, 0.1) is 22.8 Å². The summed E-state index contributed by atoms with van der Waals surface area (Å²) in [5.74, 6) is 0.418. The van der Waals surface area contributed by atoms with E-state index in [4.69, 9.17) is 11.6 Å². The van der Waals surface area contributed by atoms with Crippen molar-refractivity contribution in [2.75, 3.05) is 13.1 Å². The van der Waals surface area contributed by atoms with Crippen molar-refractivity contribution in [3.05, 3.63) is 16.4 Å². The minimum Gasteiger partial charge on any atom is -0.316 e. The molecule has 0 bridgehead atoms. The number of hydrogen-bond donors (Lipinski definition) is 1. The Morgan fingerprint density at radius 1 is 1.53 bits per heavy atom. The lowest BCUT2D eigenvalue weighted by Gasteiger charge is -2.21. The molecule has 19 heavy (non-hydrogen) atoms. The predicted molar refractivity (Wildman–Crippen MR) is 76.6 cm³/mol. The maximum Gasteiger partial charge on any atom is 0.143 e. The summed E-state index contributed by atoms with van der Waals surface area (Å²) < 4.78 is 1.87. The molecule has 0 aromatic carbocycles. The molecule has 2 heterocycles. The first-order valence-electron chi connectivity index (χ1n) is 7.14. The summed E-state index contributed by atoms with van der Waals surface area (Å²) in [5.41, 5.74) is 1.78. The van der Waals surface area contributed by atoms with Gasteiger partial charge < -0.3 is 5.32 Å². The normalized spacial score (nSPS) is 19.6. The number of halogens is 1. The van der Waals surface area contributed by atoms with Gasteiger partial charge in [-0.1, -0.05) is 18.5 Å². The van der Waals surface area contributed by atoms with E-state index < -0.39 is 0 Å².